The molecule has 0 amide bonds. The van der Waals surface area contributed by atoms with Gasteiger partial charge in [-0.1, -0.05) is 51.4 Å². The van der Waals surface area contributed by atoms with Crippen LogP contribution in [-0.2, 0) is 4.79 Å². The van der Waals surface area contributed by atoms with Crippen LogP contribution < -0.4 is 0 Å². The third-order valence-electron chi connectivity index (χ3n) is 4.85. The molecule has 0 aromatic heterocycles. The van der Waals surface area contributed by atoms with Gasteiger partial charge in [0.05, 0.1) is 5.92 Å². The fraction of sp³-hybridized carbons (Fsp3) is 0.933. The standard InChI is InChI=1S/C15H26O2/c16-15(17)14(13-9-5-2-6-10-13)11-12-7-3-1-4-8-12/h12-14H,1-11H2,(H,16,17). The SMILES string of the molecule is O=C(O)C(CC1CCCCC1)C1CCCCC1. The lowest BCUT2D eigenvalue weighted by Gasteiger charge is -2.31. The molecule has 2 aliphatic carbocycles. The van der Waals surface area contributed by atoms with Crippen LogP contribution in [0.4, 0.5) is 0 Å². The number of carboxylic acids is 1. The zero-order valence-electron chi connectivity index (χ0n) is 10.9. The van der Waals surface area contributed by atoms with Gasteiger partial charge in [-0.15, -0.1) is 0 Å². The smallest absolute Gasteiger partial charge is 0.306 e. The zero-order chi connectivity index (χ0) is 12.1. The highest BCUT2D eigenvalue weighted by Gasteiger charge is 2.31. The Hall–Kier alpha value is -0.530. The monoisotopic (exact) mass is 238 g/mol. The molecule has 2 aliphatic rings. The van der Waals surface area contributed by atoms with Crippen molar-refractivity contribution in [3.8, 4) is 0 Å². The minimum absolute atomic E-state index is 0.0431. The average molecular weight is 238 g/mol. The van der Waals surface area contributed by atoms with Crippen LogP contribution in [0.2, 0.25) is 0 Å². The Bertz CT molecular complexity index is 237. The fourth-order valence-corrected chi connectivity index (χ4v) is 3.81. The van der Waals surface area contributed by atoms with E-state index in [0.717, 1.165) is 19.3 Å². The number of aliphatic carboxylic acids is 1. The Labute approximate surface area is 105 Å². The number of hydrogen-bond donors (Lipinski definition) is 1. The lowest BCUT2D eigenvalue weighted by Crippen LogP contribution is -2.28. The van der Waals surface area contributed by atoms with E-state index in [1.807, 2.05) is 0 Å². The summed E-state index contributed by atoms with van der Waals surface area (Å²) < 4.78 is 0. The molecule has 0 saturated heterocycles. The average Bonchev–Trinajstić information content (AvgIpc) is 2.38. The molecule has 0 aromatic carbocycles. The molecule has 2 heteroatoms. The summed E-state index contributed by atoms with van der Waals surface area (Å²) in [6, 6.07) is 0. The van der Waals surface area contributed by atoms with Crippen LogP contribution in [0, 0.1) is 17.8 Å². The number of carboxylic acid groups (broad SMARTS) is 1. The van der Waals surface area contributed by atoms with E-state index >= 15 is 0 Å². The van der Waals surface area contributed by atoms with Crippen LogP contribution in [-0.4, -0.2) is 11.1 Å². The van der Waals surface area contributed by atoms with Crippen LogP contribution in [0.5, 0.6) is 0 Å². The molecular formula is C15H26O2. The molecule has 2 fully saturated rings. The largest absolute Gasteiger partial charge is 0.481 e. The molecule has 1 atom stereocenters. The molecule has 2 nitrogen and oxygen atoms in total. The molecule has 0 bridgehead atoms. The van der Waals surface area contributed by atoms with Crippen LogP contribution >= 0.6 is 0 Å². The lowest BCUT2D eigenvalue weighted by molar-refractivity contribution is -0.145. The third kappa shape index (κ3) is 3.72. The molecule has 0 radical (unpaired) electrons. The van der Waals surface area contributed by atoms with Crippen molar-refractivity contribution >= 4 is 5.97 Å². The molecule has 2 rings (SSSR count). The van der Waals surface area contributed by atoms with Gasteiger partial charge in [0.25, 0.3) is 0 Å². The summed E-state index contributed by atoms with van der Waals surface area (Å²) in [5, 5.41) is 9.46. The van der Waals surface area contributed by atoms with Crippen LogP contribution in [0.3, 0.4) is 0 Å². The normalized spacial score (nSPS) is 25.6. The van der Waals surface area contributed by atoms with Crippen LogP contribution in [0.25, 0.3) is 0 Å². The second-order valence-electron chi connectivity index (χ2n) is 6.08. The predicted octanol–water partition coefficient (Wildman–Crippen LogP) is 4.24. The first-order valence-electron chi connectivity index (χ1n) is 7.50. The number of carbonyl (C=O) groups is 1. The topological polar surface area (TPSA) is 37.3 Å². The Morgan fingerprint density at radius 1 is 0.941 bits per heavy atom. The van der Waals surface area contributed by atoms with E-state index in [4.69, 9.17) is 0 Å². The van der Waals surface area contributed by atoms with Gasteiger partial charge in [-0.2, -0.15) is 0 Å². The predicted molar refractivity (Wildman–Crippen MR) is 68.9 cm³/mol. The summed E-state index contributed by atoms with van der Waals surface area (Å²) in [5.41, 5.74) is 0. The van der Waals surface area contributed by atoms with Crippen molar-refractivity contribution in [3.05, 3.63) is 0 Å². The van der Waals surface area contributed by atoms with Crippen molar-refractivity contribution in [1.29, 1.82) is 0 Å². The van der Waals surface area contributed by atoms with Crippen LogP contribution in [0.1, 0.15) is 70.6 Å². The zero-order valence-corrected chi connectivity index (χ0v) is 10.9. The Balaban J connectivity index is 1.88. The van der Waals surface area contributed by atoms with E-state index in [0.29, 0.717) is 11.8 Å². The van der Waals surface area contributed by atoms with Gasteiger partial charge in [0, 0.05) is 0 Å². The van der Waals surface area contributed by atoms with E-state index in [9.17, 15) is 9.90 Å². The van der Waals surface area contributed by atoms with Gasteiger partial charge >= 0.3 is 5.97 Å². The Morgan fingerprint density at radius 3 is 2.00 bits per heavy atom. The van der Waals surface area contributed by atoms with E-state index in [2.05, 4.69) is 0 Å². The summed E-state index contributed by atoms with van der Waals surface area (Å²) in [6.07, 6.45) is 13.6. The molecule has 17 heavy (non-hydrogen) atoms. The first-order valence-corrected chi connectivity index (χ1v) is 7.50. The maximum atomic E-state index is 11.5. The minimum atomic E-state index is -0.525. The first kappa shape index (κ1) is 12.9. The molecule has 98 valence electrons. The second kappa shape index (κ2) is 6.42. The molecule has 0 heterocycles. The van der Waals surface area contributed by atoms with E-state index < -0.39 is 5.97 Å². The highest BCUT2D eigenvalue weighted by Crippen LogP contribution is 2.37. The van der Waals surface area contributed by atoms with Crippen molar-refractivity contribution in [2.24, 2.45) is 17.8 Å². The Kier molecular flexibility index (Phi) is 4.87. The summed E-state index contributed by atoms with van der Waals surface area (Å²) in [7, 11) is 0. The molecule has 2 saturated carbocycles. The number of rotatable bonds is 4. The lowest BCUT2D eigenvalue weighted by atomic mass is 9.73. The van der Waals surface area contributed by atoms with E-state index in [1.54, 1.807) is 0 Å². The highest BCUT2D eigenvalue weighted by molar-refractivity contribution is 5.70. The summed E-state index contributed by atoms with van der Waals surface area (Å²) in [5.74, 6) is 0.607. The maximum absolute atomic E-state index is 11.5. The summed E-state index contributed by atoms with van der Waals surface area (Å²) in [4.78, 5) is 11.5. The van der Waals surface area contributed by atoms with Gasteiger partial charge in [0.15, 0.2) is 0 Å². The van der Waals surface area contributed by atoms with Gasteiger partial charge in [-0.3, -0.25) is 4.79 Å². The fourth-order valence-electron chi connectivity index (χ4n) is 3.81. The van der Waals surface area contributed by atoms with Gasteiger partial charge in [0.2, 0.25) is 0 Å². The van der Waals surface area contributed by atoms with E-state index in [1.165, 1.54) is 51.4 Å². The van der Waals surface area contributed by atoms with Crippen LogP contribution in [0.15, 0.2) is 0 Å². The Morgan fingerprint density at radius 2 is 1.47 bits per heavy atom. The summed E-state index contributed by atoms with van der Waals surface area (Å²) >= 11 is 0. The van der Waals surface area contributed by atoms with E-state index in [-0.39, 0.29) is 5.92 Å². The quantitative estimate of drug-likeness (QED) is 0.795. The van der Waals surface area contributed by atoms with Gasteiger partial charge in [-0.25, -0.2) is 0 Å². The van der Waals surface area contributed by atoms with Crippen molar-refractivity contribution in [3.63, 3.8) is 0 Å². The number of hydrogen-bond acceptors (Lipinski definition) is 1. The van der Waals surface area contributed by atoms with Crippen molar-refractivity contribution in [2.45, 2.75) is 70.6 Å². The third-order valence-corrected chi connectivity index (χ3v) is 4.85. The van der Waals surface area contributed by atoms with Crippen molar-refractivity contribution < 1.29 is 9.90 Å². The van der Waals surface area contributed by atoms with Gasteiger partial charge < -0.3 is 5.11 Å². The molecule has 0 aliphatic heterocycles. The molecule has 1 N–H and O–H groups in total. The molecular weight excluding hydrogens is 212 g/mol. The summed E-state index contributed by atoms with van der Waals surface area (Å²) in [6.45, 7) is 0. The maximum Gasteiger partial charge on any atom is 0.306 e. The highest BCUT2D eigenvalue weighted by atomic mass is 16.4. The minimum Gasteiger partial charge on any atom is -0.481 e. The first-order chi connectivity index (χ1) is 8.27. The molecule has 0 aromatic rings. The molecule has 0 spiro atoms. The molecule has 1 unspecified atom stereocenters. The van der Waals surface area contributed by atoms with Gasteiger partial charge in [-0.05, 0) is 31.1 Å². The van der Waals surface area contributed by atoms with Gasteiger partial charge in [0.1, 0.15) is 0 Å². The second-order valence-corrected chi connectivity index (χ2v) is 6.08. The van der Waals surface area contributed by atoms with Crippen molar-refractivity contribution in [1.82, 2.24) is 0 Å². The van der Waals surface area contributed by atoms with Crippen molar-refractivity contribution in [2.75, 3.05) is 0 Å².